The van der Waals surface area contributed by atoms with Crippen LogP contribution in [0.5, 0.6) is 0 Å². The molecule has 3 heteroatoms. The Labute approximate surface area is 97.9 Å². The van der Waals surface area contributed by atoms with Crippen LogP contribution in [0, 0.1) is 0 Å². The second-order valence-corrected chi connectivity index (χ2v) is 4.93. The molecule has 92 valence electrons. The van der Waals surface area contributed by atoms with Gasteiger partial charge in [0.15, 0.2) is 0 Å². The van der Waals surface area contributed by atoms with Crippen LogP contribution >= 0.6 is 0 Å². The molecule has 1 aliphatic carbocycles. The molecule has 0 aromatic heterocycles. The van der Waals surface area contributed by atoms with Gasteiger partial charge in [-0.2, -0.15) is 0 Å². The number of ether oxygens (including phenoxy) is 1. The number of rotatable bonds is 3. The first-order chi connectivity index (χ1) is 7.86. The summed E-state index contributed by atoms with van der Waals surface area (Å²) in [7, 11) is 0. The first-order valence-electron chi connectivity index (χ1n) is 6.58. The Morgan fingerprint density at radius 1 is 1.19 bits per heavy atom. The molecule has 0 spiro atoms. The highest BCUT2D eigenvalue weighted by atomic mass is 16.5. The topological polar surface area (TPSA) is 41.5 Å². The molecule has 3 nitrogen and oxygen atoms in total. The van der Waals surface area contributed by atoms with Crippen LogP contribution in [-0.2, 0) is 4.74 Å². The van der Waals surface area contributed by atoms with E-state index in [-0.39, 0.29) is 12.1 Å². The van der Waals surface area contributed by atoms with Crippen molar-refractivity contribution in [2.24, 2.45) is 0 Å². The lowest BCUT2D eigenvalue weighted by molar-refractivity contribution is 0.0895. The molecular formula is C13H23NO2. The molecule has 0 aromatic rings. The summed E-state index contributed by atoms with van der Waals surface area (Å²) >= 11 is 0. The maximum Gasteiger partial charge on any atom is 0.110 e. The summed E-state index contributed by atoms with van der Waals surface area (Å²) < 4.78 is 5.51. The Hall–Kier alpha value is -0.540. The van der Waals surface area contributed by atoms with E-state index in [0.29, 0.717) is 6.10 Å². The van der Waals surface area contributed by atoms with E-state index < -0.39 is 0 Å². The molecular weight excluding hydrogens is 202 g/mol. The number of aliphatic hydroxyl groups excluding tert-OH is 1. The Morgan fingerprint density at radius 3 is 2.88 bits per heavy atom. The van der Waals surface area contributed by atoms with Gasteiger partial charge in [-0.25, -0.2) is 0 Å². The fourth-order valence-electron chi connectivity index (χ4n) is 2.54. The summed E-state index contributed by atoms with van der Waals surface area (Å²) in [5, 5.41) is 13.4. The van der Waals surface area contributed by atoms with Crippen molar-refractivity contribution in [3.05, 3.63) is 12.3 Å². The summed E-state index contributed by atoms with van der Waals surface area (Å²) in [5.41, 5.74) is 0. The van der Waals surface area contributed by atoms with E-state index >= 15 is 0 Å². The van der Waals surface area contributed by atoms with Crippen LogP contribution in [0.2, 0.25) is 0 Å². The predicted octanol–water partition coefficient (Wildman–Crippen LogP) is 1.96. The van der Waals surface area contributed by atoms with Crippen LogP contribution in [0.15, 0.2) is 12.3 Å². The Bertz CT molecular complexity index is 230. The molecule has 1 aliphatic heterocycles. The smallest absolute Gasteiger partial charge is 0.110 e. The van der Waals surface area contributed by atoms with E-state index in [1.807, 2.05) is 0 Å². The first-order valence-corrected chi connectivity index (χ1v) is 6.58. The zero-order valence-corrected chi connectivity index (χ0v) is 9.90. The van der Waals surface area contributed by atoms with Crippen molar-refractivity contribution in [2.45, 2.75) is 63.2 Å². The second kappa shape index (κ2) is 6.26. The van der Waals surface area contributed by atoms with Gasteiger partial charge < -0.3 is 15.2 Å². The molecule has 0 radical (unpaired) electrons. The van der Waals surface area contributed by atoms with Crippen molar-refractivity contribution < 1.29 is 9.84 Å². The predicted molar refractivity (Wildman–Crippen MR) is 64.1 cm³/mol. The summed E-state index contributed by atoms with van der Waals surface area (Å²) in [6.07, 6.45) is 11.9. The van der Waals surface area contributed by atoms with E-state index in [4.69, 9.17) is 4.74 Å². The molecule has 3 unspecified atom stereocenters. The van der Waals surface area contributed by atoms with Gasteiger partial charge in [-0.15, -0.1) is 0 Å². The standard InChI is InChI=1S/C13H23NO2/c15-13-8-3-1-2-7-12(13)14-10-11-6-4-5-9-16-11/h5,9,11-15H,1-4,6-8,10H2. The van der Waals surface area contributed by atoms with Crippen LogP contribution in [-0.4, -0.2) is 29.9 Å². The van der Waals surface area contributed by atoms with E-state index in [1.165, 1.54) is 19.3 Å². The van der Waals surface area contributed by atoms with Gasteiger partial charge in [0.25, 0.3) is 0 Å². The molecule has 0 amide bonds. The molecule has 1 saturated carbocycles. The van der Waals surface area contributed by atoms with Crippen molar-refractivity contribution in [2.75, 3.05) is 6.54 Å². The van der Waals surface area contributed by atoms with Crippen LogP contribution in [0.4, 0.5) is 0 Å². The zero-order chi connectivity index (χ0) is 11.2. The number of aliphatic hydroxyl groups is 1. The average molecular weight is 225 g/mol. The van der Waals surface area contributed by atoms with E-state index in [1.54, 1.807) is 6.26 Å². The van der Waals surface area contributed by atoms with Gasteiger partial charge in [-0.1, -0.05) is 19.3 Å². The normalized spacial score (nSPS) is 35.4. The third-order valence-corrected chi connectivity index (χ3v) is 3.61. The second-order valence-electron chi connectivity index (χ2n) is 4.93. The van der Waals surface area contributed by atoms with Gasteiger partial charge in [-0.05, 0) is 31.8 Å². The molecule has 1 heterocycles. The molecule has 0 aromatic carbocycles. The minimum absolute atomic E-state index is 0.165. The van der Waals surface area contributed by atoms with Crippen molar-refractivity contribution in [1.82, 2.24) is 5.32 Å². The fraction of sp³-hybridized carbons (Fsp3) is 0.846. The van der Waals surface area contributed by atoms with E-state index in [9.17, 15) is 5.11 Å². The molecule has 16 heavy (non-hydrogen) atoms. The third kappa shape index (κ3) is 3.49. The van der Waals surface area contributed by atoms with Gasteiger partial charge in [0, 0.05) is 12.6 Å². The summed E-state index contributed by atoms with van der Waals surface area (Å²) in [6.45, 7) is 0.867. The van der Waals surface area contributed by atoms with Crippen LogP contribution in [0.25, 0.3) is 0 Å². The van der Waals surface area contributed by atoms with Crippen LogP contribution in [0.1, 0.15) is 44.9 Å². The number of hydrogen-bond acceptors (Lipinski definition) is 3. The lowest BCUT2D eigenvalue weighted by atomic mass is 10.1. The summed E-state index contributed by atoms with van der Waals surface area (Å²) in [4.78, 5) is 0. The van der Waals surface area contributed by atoms with Crippen LogP contribution in [0.3, 0.4) is 0 Å². The van der Waals surface area contributed by atoms with Gasteiger partial charge in [0.2, 0.25) is 0 Å². The molecule has 0 bridgehead atoms. The van der Waals surface area contributed by atoms with Gasteiger partial charge in [0.05, 0.1) is 12.4 Å². The highest BCUT2D eigenvalue weighted by molar-refractivity contribution is 4.85. The van der Waals surface area contributed by atoms with Crippen molar-refractivity contribution in [1.29, 1.82) is 0 Å². The number of allylic oxidation sites excluding steroid dienone is 1. The highest BCUT2D eigenvalue weighted by Gasteiger charge is 2.22. The Morgan fingerprint density at radius 2 is 2.06 bits per heavy atom. The largest absolute Gasteiger partial charge is 0.497 e. The highest BCUT2D eigenvalue weighted by Crippen LogP contribution is 2.18. The summed E-state index contributed by atoms with van der Waals surface area (Å²) in [5.74, 6) is 0. The number of nitrogens with one attached hydrogen (secondary N) is 1. The maximum absolute atomic E-state index is 9.96. The van der Waals surface area contributed by atoms with Gasteiger partial charge in [0.1, 0.15) is 6.10 Å². The molecule has 2 N–H and O–H groups in total. The fourth-order valence-corrected chi connectivity index (χ4v) is 2.54. The van der Waals surface area contributed by atoms with Crippen molar-refractivity contribution >= 4 is 0 Å². The Balaban J connectivity index is 1.72. The van der Waals surface area contributed by atoms with E-state index in [0.717, 1.165) is 32.2 Å². The van der Waals surface area contributed by atoms with Crippen LogP contribution < -0.4 is 5.32 Å². The zero-order valence-electron chi connectivity index (χ0n) is 9.90. The maximum atomic E-state index is 9.96. The quantitative estimate of drug-likeness (QED) is 0.721. The monoisotopic (exact) mass is 225 g/mol. The van der Waals surface area contributed by atoms with Gasteiger partial charge in [-0.3, -0.25) is 0 Å². The van der Waals surface area contributed by atoms with Gasteiger partial charge >= 0.3 is 0 Å². The lowest BCUT2D eigenvalue weighted by Gasteiger charge is -2.26. The van der Waals surface area contributed by atoms with Crippen molar-refractivity contribution in [3.8, 4) is 0 Å². The SMILES string of the molecule is OC1CCCCCC1NCC1CCC=CO1. The molecule has 3 atom stereocenters. The molecule has 1 fully saturated rings. The Kier molecular flexibility index (Phi) is 4.67. The van der Waals surface area contributed by atoms with Crippen molar-refractivity contribution in [3.63, 3.8) is 0 Å². The molecule has 2 aliphatic rings. The lowest BCUT2D eigenvalue weighted by Crippen LogP contribution is -2.43. The first kappa shape index (κ1) is 11.9. The van der Waals surface area contributed by atoms with E-state index in [2.05, 4.69) is 11.4 Å². The number of hydrogen-bond donors (Lipinski definition) is 2. The molecule has 0 saturated heterocycles. The average Bonchev–Trinajstić information content (AvgIpc) is 2.53. The third-order valence-electron chi connectivity index (χ3n) is 3.61. The minimum Gasteiger partial charge on any atom is -0.497 e. The molecule has 2 rings (SSSR count). The minimum atomic E-state index is -0.165. The summed E-state index contributed by atoms with van der Waals surface area (Å²) in [6, 6.07) is 0.275.